The third-order valence-corrected chi connectivity index (χ3v) is 4.13. The molecule has 0 spiro atoms. The maximum Gasteiger partial charge on any atom is 0.410 e. The average Bonchev–Trinajstić information content (AvgIpc) is 2.53. The fraction of sp³-hybridized carbons (Fsp3) is 0.556. The molecule has 0 aromatic heterocycles. The molecule has 1 aliphatic heterocycles. The summed E-state index contributed by atoms with van der Waals surface area (Å²) in [7, 11) is 0. The second kappa shape index (κ2) is 6.59. The highest BCUT2D eigenvalue weighted by Gasteiger charge is 2.43. The van der Waals surface area contributed by atoms with E-state index in [0.29, 0.717) is 25.9 Å². The highest BCUT2D eigenvalue weighted by Crippen LogP contribution is 2.37. The molecule has 1 heterocycles. The first-order valence-electron chi connectivity index (χ1n) is 7.86. The van der Waals surface area contributed by atoms with E-state index in [1.165, 1.54) is 0 Å². The lowest BCUT2D eigenvalue weighted by Crippen LogP contribution is -2.45. The minimum atomic E-state index is -0.591. The van der Waals surface area contributed by atoms with Crippen molar-refractivity contribution in [3.8, 4) is 0 Å². The summed E-state index contributed by atoms with van der Waals surface area (Å²) in [4.78, 5) is 17.7. The lowest BCUT2D eigenvalue weighted by atomic mass is 9.81. The van der Waals surface area contributed by atoms with Crippen LogP contribution in [-0.4, -0.2) is 34.8 Å². The molecule has 0 aliphatic carbocycles. The molecule has 0 atom stereocenters. The van der Waals surface area contributed by atoms with Gasteiger partial charge in [-0.25, -0.2) is 11.4 Å². The maximum absolute atomic E-state index is 12.1. The predicted molar refractivity (Wildman–Crippen MR) is 87.7 cm³/mol. The summed E-state index contributed by atoms with van der Waals surface area (Å²) in [5.74, 6) is 0. The minimum Gasteiger partial charge on any atom is -0.444 e. The SMILES string of the molecule is [C-]#[N+]C1(c2ccc(CO)cc2)CCN(C(=O)OC(C)(C)C)CC1. The summed E-state index contributed by atoms with van der Waals surface area (Å²) in [5.41, 5.74) is 0.687. The van der Waals surface area contributed by atoms with Crippen LogP contribution in [-0.2, 0) is 16.9 Å². The van der Waals surface area contributed by atoms with Crippen LogP contribution in [0.4, 0.5) is 4.79 Å². The van der Waals surface area contributed by atoms with E-state index in [1.54, 1.807) is 4.90 Å². The maximum atomic E-state index is 12.1. The molecule has 1 saturated heterocycles. The molecule has 23 heavy (non-hydrogen) atoms. The Kier molecular flexibility index (Phi) is 4.96. The molecular weight excluding hydrogens is 292 g/mol. The number of nitrogens with zero attached hydrogens (tertiary/aromatic N) is 2. The monoisotopic (exact) mass is 316 g/mol. The highest BCUT2D eigenvalue weighted by molar-refractivity contribution is 5.68. The van der Waals surface area contributed by atoms with Gasteiger partial charge in [-0.3, -0.25) is 0 Å². The van der Waals surface area contributed by atoms with Crippen LogP contribution in [0.5, 0.6) is 0 Å². The van der Waals surface area contributed by atoms with E-state index in [1.807, 2.05) is 45.0 Å². The molecule has 0 unspecified atom stereocenters. The van der Waals surface area contributed by atoms with E-state index in [-0.39, 0.29) is 12.7 Å². The Morgan fingerprint density at radius 1 is 1.30 bits per heavy atom. The molecule has 0 bridgehead atoms. The van der Waals surface area contributed by atoms with Gasteiger partial charge in [-0.2, -0.15) is 0 Å². The summed E-state index contributed by atoms with van der Waals surface area (Å²) >= 11 is 0. The van der Waals surface area contributed by atoms with Gasteiger partial charge in [-0.05, 0) is 26.3 Å². The van der Waals surface area contributed by atoms with Crippen molar-refractivity contribution in [2.45, 2.75) is 51.4 Å². The molecule has 5 nitrogen and oxygen atoms in total. The zero-order valence-corrected chi connectivity index (χ0v) is 14.0. The van der Waals surface area contributed by atoms with Gasteiger partial charge in [0.1, 0.15) is 5.60 Å². The lowest BCUT2D eigenvalue weighted by Gasteiger charge is -2.35. The van der Waals surface area contributed by atoms with Crippen LogP contribution < -0.4 is 0 Å². The molecule has 5 heteroatoms. The highest BCUT2D eigenvalue weighted by atomic mass is 16.6. The summed E-state index contributed by atoms with van der Waals surface area (Å²) < 4.78 is 5.40. The van der Waals surface area contributed by atoms with E-state index in [9.17, 15) is 4.79 Å². The Bertz CT molecular complexity index is 588. The van der Waals surface area contributed by atoms with Gasteiger partial charge in [0.25, 0.3) is 5.54 Å². The van der Waals surface area contributed by atoms with Gasteiger partial charge in [-0.1, -0.05) is 24.3 Å². The van der Waals surface area contributed by atoms with Crippen molar-refractivity contribution >= 4 is 6.09 Å². The van der Waals surface area contributed by atoms with Crippen LogP contribution in [0.1, 0.15) is 44.7 Å². The predicted octanol–water partition coefficient (Wildman–Crippen LogP) is 3.32. The van der Waals surface area contributed by atoms with Gasteiger partial charge in [0.05, 0.1) is 6.61 Å². The Morgan fingerprint density at radius 3 is 2.30 bits per heavy atom. The number of piperidine rings is 1. The molecule has 1 aliphatic rings. The third kappa shape index (κ3) is 4.02. The third-order valence-electron chi connectivity index (χ3n) is 4.13. The van der Waals surface area contributed by atoms with Crippen molar-refractivity contribution in [2.24, 2.45) is 0 Å². The summed E-state index contributed by atoms with van der Waals surface area (Å²) in [6.07, 6.45) is 0.870. The number of carbonyl (C=O) groups is 1. The molecule has 1 aromatic carbocycles. The first-order valence-corrected chi connectivity index (χ1v) is 7.86. The van der Waals surface area contributed by atoms with Crippen molar-refractivity contribution in [1.82, 2.24) is 4.90 Å². The van der Waals surface area contributed by atoms with Gasteiger partial charge in [0.2, 0.25) is 0 Å². The van der Waals surface area contributed by atoms with E-state index < -0.39 is 11.1 Å². The molecule has 1 fully saturated rings. The van der Waals surface area contributed by atoms with E-state index in [2.05, 4.69) is 4.85 Å². The number of hydrogen-bond donors (Lipinski definition) is 1. The Labute approximate surface area is 137 Å². The number of benzene rings is 1. The van der Waals surface area contributed by atoms with Crippen LogP contribution in [0.2, 0.25) is 0 Å². The zero-order chi connectivity index (χ0) is 17.1. The molecule has 2 rings (SSSR count). The number of aliphatic hydroxyl groups excluding tert-OH is 1. The fourth-order valence-corrected chi connectivity index (χ4v) is 2.77. The smallest absolute Gasteiger partial charge is 0.410 e. The number of amides is 1. The Balaban J connectivity index is 2.07. The number of hydrogen-bond acceptors (Lipinski definition) is 3. The second-order valence-corrected chi connectivity index (χ2v) is 6.97. The Morgan fingerprint density at radius 2 is 1.87 bits per heavy atom. The van der Waals surface area contributed by atoms with Crippen LogP contribution in [0.25, 0.3) is 4.85 Å². The number of aliphatic hydroxyl groups is 1. The number of likely N-dealkylation sites (tertiary alicyclic amines) is 1. The number of ether oxygens (including phenoxy) is 1. The van der Waals surface area contributed by atoms with Gasteiger partial charge in [-0.15, -0.1) is 0 Å². The topological polar surface area (TPSA) is 54.1 Å². The van der Waals surface area contributed by atoms with E-state index in [0.717, 1.165) is 11.1 Å². The molecule has 1 amide bonds. The van der Waals surface area contributed by atoms with Gasteiger partial charge in [0, 0.05) is 31.5 Å². The first-order chi connectivity index (χ1) is 10.8. The normalized spacial score (nSPS) is 17.4. The summed E-state index contributed by atoms with van der Waals surface area (Å²) in [6.45, 7) is 14.2. The van der Waals surface area contributed by atoms with Crippen LogP contribution >= 0.6 is 0 Å². The molecule has 0 radical (unpaired) electrons. The van der Waals surface area contributed by atoms with Gasteiger partial charge >= 0.3 is 6.09 Å². The molecular formula is C18H24N2O3. The average molecular weight is 316 g/mol. The summed E-state index contributed by atoms with van der Waals surface area (Å²) in [6, 6.07) is 7.52. The van der Waals surface area contributed by atoms with E-state index in [4.69, 9.17) is 16.4 Å². The standard InChI is InChI=1S/C18H24N2O3/c1-17(2,3)23-16(22)20-11-9-18(19-4,10-12-20)15-7-5-14(13-21)6-8-15/h5-8,21H,9-13H2,1-3H3. The number of carbonyl (C=O) groups excluding carboxylic acids is 1. The zero-order valence-electron chi connectivity index (χ0n) is 14.0. The first kappa shape index (κ1) is 17.3. The quantitative estimate of drug-likeness (QED) is 0.852. The lowest BCUT2D eigenvalue weighted by molar-refractivity contribution is 0.0182. The van der Waals surface area contributed by atoms with Gasteiger partial charge < -0.3 is 19.6 Å². The largest absolute Gasteiger partial charge is 0.444 e. The van der Waals surface area contributed by atoms with Crippen molar-refractivity contribution in [1.29, 1.82) is 0 Å². The van der Waals surface area contributed by atoms with Crippen LogP contribution in [0.15, 0.2) is 24.3 Å². The molecule has 124 valence electrons. The van der Waals surface area contributed by atoms with Crippen LogP contribution in [0, 0.1) is 6.57 Å². The Hall–Kier alpha value is -2.06. The van der Waals surface area contributed by atoms with Crippen molar-refractivity contribution in [3.05, 3.63) is 46.8 Å². The second-order valence-electron chi connectivity index (χ2n) is 6.97. The van der Waals surface area contributed by atoms with Crippen molar-refractivity contribution in [3.63, 3.8) is 0 Å². The molecule has 0 saturated carbocycles. The fourth-order valence-electron chi connectivity index (χ4n) is 2.77. The molecule has 1 aromatic rings. The van der Waals surface area contributed by atoms with Gasteiger partial charge in [0.15, 0.2) is 0 Å². The summed E-state index contributed by atoms with van der Waals surface area (Å²) in [5, 5.41) is 9.13. The van der Waals surface area contributed by atoms with Crippen molar-refractivity contribution in [2.75, 3.05) is 13.1 Å². The van der Waals surface area contributed by atoms with E-state index >= 15 is 0 Å². The number of rotatable bonds is 2. The van der Waals surface area contributed by atoms with Crippen molar-refractivity contribution < 1.29 is 14.6 Å². The molecule has 1 N–H and O–H groups in total. The van der Waals surface area contributed by atoms with Crippen LogP contribution in [0.3, 0.4) is 0 Å². The minimum absolute atomic E-state index is 0.00226.